The SMILES string of the molecule is CCOC(=O)CCCOc1cc(Cl)c(-c2cnc(C(F)(F)F)cc2/C=N/C)cc1C(=O)N(C)c1ccccc1OC. The summed E-state index contributed by atoms with van der Waals surface area (Å²) in [4.78, 5) is 34.3. The van der Waals surface area contributed by atoms with Gasteiger partial charge in [0.2, 0.25) is 0 Å². The van der Waals surface area contributed by atoms with Crippen molar-refractivity contribution in [2.45, 2.75) is 25.9 Å². The number of carbonyl (C=O) groups is 2. The summed E-state index contributed by atoms with van der Waals surface area (Å²) in [5, 5.41) is 0.106. The second kappa shape index (κ2) is 14.0. The Morgan fingerprint density at radius 2 is 1.85 bits per heavy atom. The van der Waals surface area contributed by atoms with Crippen LogP contribution in [0, 0.1) is 0 Å². The number of aromatic nitrogens is 1. The maximum atomic E-state index is 13.8. The molecular formula is C29H29ClF3N3O5. The molecule has 1 amide bonds. The van der Waals surface area contributed by atoms with Crippen LogP contribution in [0.5, 0.6) is 11.5 Å². The number of anilines is 1. The molecule has 0 N–H and O–H groups in total. The molecule has 3 aromatic rings. The topological polar surface area (TPSA) is 90.3 Å². The molecule has 41 heavy (non-hydrogen) atoms. The molecule has 0 aliphatic heterocycles. The molecule has 0 radical (unpaired) electrons. The average molecular weight is 592 g/mol. The Labute approximate surface area is 240 Å². The third-order valence-corrected chi connectivity index (χ3v) is 6.24. The van der Waals surface area contributed by atoms with E-state index in [4.69, 9.17) is 25.8 Å². The second-order valence-corrected chi connectivity index (χ2v) is 9.07. The molecule has 0 bridgehead atoms. The van der Waals surface area contributed by atoms with E-state index in [1.807, 2.05) is 0 Å². The number of hydrogen-bond acceptors (Lipinski definition) is 7. The number of halogens is 4. The zero-order valence-corrected chi connectivity index (χ0v) is 23.7. The summed E-state index contributed by atoms with van der Waals surface area (Å²) < 4.78 is 56.3. The number of benzene rings is 2. The van der Waals surface area contributed by atoms with Crippen LogP contribution in [0.15, 0.2) is 53.7 Å². The molecule has 1 heterocycles. The first-order valence-corrected chi connectivity index (χ1v) is 12.9. The first kappa shape index (κ1) is 31.4. The van der Waals surface area contributed by atoms with Crippen molar-refractivity contribution in [3.05, 3.63) is 70.5 Å². The summed E-state index contributed by atoms with van der Waals surface area (Å²) in [5.74, 6) is -0.308. The van der Waals surface area contributed by atoms with Crippen LogP contribution in [-0.2, 0) is 15.7 Å². The first-order valence-electron chi connectivity index (χ1n) is 12.5. The van der Waals surface area contributed by atoms with Crippen LogP contribution >= 0.6 is 11.6 Å². The summed E-state index contributed by atoms with van der Waals surface area (Å²) >= 11 is 6.60. The van der Waals surface area contributed by atoms with E-state index < -0.39 is 17.8 Å². The van der Waals surface area contributed by atoms with E-state index in [-0.39, 0.29) is 58.6 Å². The lowest BCUT2D eigenvalue weighted by atomic mass is 9.98. The van der Waals surface area contributed by atoms with E-state index in [2.05, 4.69) is 9.98 Å². The van der Waals surface area contributed by atoms with Crippen LogP contribution in [0.4, 0.5) is 18.9 Å². The van der Waals surface area contributed by atoms with E-state index in [0.717, 1.165) is 12.3 Å². The molecule has 0 spiro atoms. The number of methoxy groups -OCH3 is 1. The normalized spacial score (nSPS) is 11.4. The zero-order chi connectivity index (χ0) is 30.2. The minimum absolute atomic E-state index is 0.0721. The molecular weight excluding hydrogens is 563 g/mol. The van der Waals surface area contributed by atoms with Gasteiger partial charge in [0.1, 0.15) is 17.2 Å². The Balaban J connectivity index is 2.10. The smallest absolute Gasteiger partial charge is 0.433 e. The number of rotatable bonds is 11. The molecule has 0 unspecified atom stereocenters. The Bertz CT molecular complexity index is 1430. The fourth-order valence-corrected chi connectivity index (χ4v) is 4.23. The van der Waals surface area contributed by atoms with Gasteiger partial charge < -0.3 is 19.1 Å². The Morgan fingerprint density at radius 3 is 2.51 bits per heavy atom. The van der Waals surface area contributed by atoms with E-state index in [9.17, 15) is 22.8 Å². The van der Waals surface area contributed by atoms with Crippen molar-refractivity contribution in [3.8, 4) is 22.6 Å². The summed E-state index contributed by atoms with van der Waals surface area (Å²) in [6.07, 6.45) is -1.95. The van der Waals surface area contributed by atoms with Gasteiger partial charge in [-0.15, -0.1) is 0 Å². The van der Waals surface area contributed by atoms with Gasteiger partial charge >= 0.3 is 12.1 Å². The molecule has 0 aliphatic carbocycles. The van der Waals surface area contributed by atoms with E-state index in [1.54, 1.807) is 38.2 Å². The molecule has 218 valence electrons. The van der Waals surface area contributed by atoms with Crippen LogP contribution in [0.1, 0.15) is 41.4 Å². The number of pyridine rings is 1. The minimum Gasteiger partial charge on any atom is -0.495 e. The van der Waals surface area contributed by atoms with Crippen LogP contribution in [0.25, 0.3) is 11.1 Å². The van der Waals surface area contributed by atoms with Crippen molar-refractivity contribution in [2.24, 2.45) is 4.99 Å². The van der Waals surface area contributed by atoms with Gasteiger partial charge in [-0.3, -0.25) is 19.6 Å². The van der Waals surface area contributed by atoms with Gasteiger partial charge in [0.15, 0.2) is 0 Å². The number of aliphatic imine (C=N–C) groups is 1. The molecule has 2 aromatic carbocycles. The zero-order valence-electron chi connectivity index (χ0n) is 22.9. The second-order valence-electron chi connectivity index (χ2n) is 8.66. The van der Waals surface area contributed by atoms with Crippen molar-refractivity contribution in [2.75, 3.05) is 39.3 Å². The average Bonchev–Trinajstić information content (AvgIpc) is 2.94. The molecule has 0 aliphatic rings. The maximum Gasteiger partial charge on any atom is 0.433 e. The molecule has 12 heteroatoms. The Kier molecular flexibility index (Phi) is 10.7. The lowest BCUT2D eigenvalue weighted by molar-refractivity contribution is -0.143. The number of amides is 1. The van der Waals surface area contributed by atoms with Gasteiger partial charge in [-0.05, 0) is 37.6 Å². The third kappa shape index (κ3) is 7.75. The molecule has 8 nitrogen and oxygen atoms in total. The molecule has 3 rings (SSSR count). The molecule has 0 saturated heterocycles. The molecule has 1 aromatic heterocycles. The van der Waals surface area contributed by atoms with E-state index >= 15 is 0 Å². The highest BCUT2D eigenvalue weighted by molar-refractivity contribution is 6.34. The number of ether oxygens (including phenoxy) is 3. The monoisotopic (exact) mass is 591 g/mol. The Morgan fingerprint density at radius 1 is 1.12 bits per heavy atom. The Hall–Kier alpha value is -4.12. The number of hydrogen-bond donors (Lipinski definition) is 0. The van der Waals surface area contributed by atoms with Gasteiger partial charge in [-0.1, -0.05) is 23.7 Å². The summed E-state index contributed by atoms with van der Waals surface area (Å²) in [6.45, 7) is 2.04. The highest BCUT2D eigenvalue weighted by atomic mass is 35.5. The predicted octanol–water partition coefficient (Wildman–Crippen LogP) is 6.48. The van der Waals surface area contributed by atoms with Crippen LogP contribution in [-0.4, -0.2) is 57.5 Å². The molecule has 0 saturated carbocycles. The first-order chi connectivity index (χ1) is 19.5. The molecule has 0 atom stereocenters. The summed E-state index contributed by atoms with van der Waals surface area (Å²) in [7, 11) is 4.45. The van der Waals surface area contributed by atoms with Crippen LogP contribution < -0.4 is 14.4 Å². The van der Waals surface area contributed by atoms with Gasteiger partial charge in [-0.25, -0.2) is 0 Å². The van der Waals surface area contributed by atoms with Gasteiger partial charge in [0.05, 0.1) is 36.6 Å². The lowest BCUT2D eigenvalue weighted by Gasteiger charge is -2.22. The van der Waals surface area contributed by atoms with Crippen LogP contribution in [0.3, 0.4) is 0 Å². The van der Waals surface area contributed by atoms with Gasteiger partial charge in [-0.2, -0.15) is 13.2 Å². The highest BCUT2D eigenvalue weighted by Crippen LogP contribution is 2.39. The van der Waals surface area contributed by atoms with Gasteiger partial charge in [0, 0.05) is 55.7 Å². The van der Waals surface area contributed by atoms with Crippen molar-refractivity contribution >= 4 is 35.4 Å². The van der Waals surface area contributed by atoms with Gasteiger partial charge in [0.25, 0.3) is 5.91 Å². The van der Waals surface area contributed by atoms with Crippen molar-refractivity contribution in [3.63, 3.8) is 0 Å². The molecule has 0 fully saturated rings. The van der Waals surface area contributed by atoms with Crippen molar-refractivity contribution < 1.29 is 37.0 Å². The fraction of sp³-hybridized carbons (Fsp3) is 0.310. The largest absolute Gasteiger partial charge is 0.495 e. The quantitative estimate of drug-likeness (QED) is 0.144. The fourth-order valence-electron chi connectivity index (χ4n) is 3.97. The number of carbonyl (C=O) groups excluding carboxylic acids is 2. The van der Waals surface area contributed by atoms with E-state index in [1.165, 1.54) is 37.4 Å². The van der Waals surface area contributed by atoms with Crippen molar-refractivity contribution in [1.29, 1.82) is 0 Å². The highest BCUT2D eigenvalue weighted by Gasteiger charge is 2.33. The number of alkyl halides is 3. The van der Waals surface area contributed by atoms with Crippen molar-refractivity contribution in [1.82, 2.24) is 4.98 Å². The predicted molar refractivity (Wildman–Crippen MR) is 150 cm³/mol. The minimum atomic E-state index is -4.67. The van der Waals surface area contributed by atoms with Crippen LogP contribution in [0.2, 0.25) is 5.02 Å². The number of nitrogens with zero attached hydrogens (tertiary/aromatic N) is 3. The number of esters is 1. The number of para-hydroxylation sites is 2. The summed E-state index contributed by atoms with van der Waals surface area (Å²) in [6, 6.07) is 10.6. The summed E-state index contributed by atoms with van der Waals surface area (Å²) in [5.41, 5.74) is 0.0419. The maximum absolute atomic E-state index is 13.8. The van der Waals surface area contributed by atoms with E-state index in [0.29, 0.717) is 17.9 Å². The standard InChI is InChI=1S/C29H29ClF3N3O5/c1-5-40-27(37)11-8-12-41-25-15-22(30)19(21-17-35-26(29(31,32)33)13-18(21)16-34-2)14-20(25)28(38)36(3)23-9-6-7-10-24(23)39-4/h6-7,9-10,13-17H,5,8,11-12H2,1-4H3/b34-16+. The third-order valence-electron chi connectivity index (χ3n) is 5.92. The lowest BCUT2D eigenvalue weighted by Crippen LogP contribution is -2.27.